The van der Waals surface area contributed by atoms with Gasteiger partial charge in [0.1, 0.15) is 0 Å². The van der Waals surface area contributed by atoms with Crippen molar-refractivity contribution in [1.29, 1.82) is 0 Å². The Labute approximate surface area is 122 Å². The number of carbonyl (C=O) groups excluding carboxylic acids is 1. The summed E-state index contributed by atoms with van der Waals surface area (Å²) in [5.41, 5.74) is 3.02. The van der Waals surface area contributed by atoms with Gasteiger partial charge in [-0.25, -0.2) is 0 Å². The standard InChI is InChI=1S/C17H15NOS/c1-12-6-8-13(9-7-12)20-11-17(19)15-10-18-16-5-3-2-4-14(15)16/h2-10,18H,11H2,1H3. The molecule has 2 aromatic carbocycles. The molecule has 100 valence electrons. The summed E-state index contributed by atoms with van der Waals surface area (Å²) in [6.07, 6.45) is 1.81. The number of hydrogen-bond donors (Lipinski definition) is 1. The van der Waals surface area contributed by atoms with Crippen LogP contribution in [0.25, 0.3) is 10.9 Å². The molecular weight excluding hydrogens is 266 g/mol. The molecule has 0 aliphatic carbocycles. The summed E-state index contributed by atoms with van der Waals surface area (Å²) in [6.45, 7) is 2.06. The number of hydrogen-bond acceptors (Lipinski definition) is 2. The van der Waals surface area contributed by atoms with Crippen LogP contribution in [0.4, 0.5) is 0 Å². The highest BCUT2D eigenvalue weighted by Gasteiger charge is 2.11. The van der Waals surface area contributed by atoms with E-state index in [2.05, 4.69) is 36.2 Å². The SMILES string of the molecule is Cc1ccc(SCC(=O)c2c[nH]c3ccccc23)cc1. The number of rotatable bonds is 4. The van der Waals surface area contributed by atoms with Gasteiger partial charge in [-0.2, -0.15) is 0 Å². The van der Waals surface area contributed by atoms with Crippen LogP contribution in [0.3, 0.4) is 0 Å². The van der Waals surface area contributed by atoms with E-state index in [1.165, 1.54) is 5.56 Å². The van der Waals surface area contributed by atoms with Crippen LogP contribution in [-0.2, 0) is 0 Å². The van der Waals surface area contributed by atoms with Crippen molar-refractivity contribution >= 4 is 28.4 Å². The van der Waals surface area contributed by atoms with Crippen molar-refractivity contribution in [1.82, 2.24) is 4.98 Å². The average Bonchev–Trinajstić information content (AvgIpc) is 2.90. The van der Waals surface area contributed by atoms with Crippen LogP contribution in [0.1, 0.15) is 15.9 Å². The van der Waals surface area contributed by atoms with E-state index in [1.54, 1.807) is 11.8 Å². The Morgan fingerprint density at radius 1 is 1.10 bits per heavy atom. The van der Waals surface area contributed by atoms with Crippen molar-refractivity contribution in [3.63, 3.8) is 0 Å². The van der Waals surface area contributed by atoms with Crippen molar-refractivity contribution in [2.75, 3.05) is 5.75 Å². The third-order valence-corrected chi connectivity index (χ3v) is 4.29. The predicted octanol–water partition coefficient (Wildman–Crippen LogP) is 4.45. The van der Waals surface area contributed by atoms with E-state index >= 15 is 0 Å². The number of fused-ring (bicyclic) bond motifs is 1. The summed E-state index contributed by atoms with van der Waals surface area (Å²) in [5.74, 6) is 0.623. The van der Waals surface area contributed by atoms with Crippen molar-refractivity contribution < 1.29 is 4.79 Å². The van der Waals surface area contributed by atoms with Gasteiger partial charge >= 0.3 is 0 Å². The van der Waals surface area contributed by atoms with Crippen molar-refractivity contribution in [2.45, 2.75) is 11.8 Å². The fourth-order valence-electron chi connectivity index (χ4n) is 2.16. The Morgan fingerprint density at radius 3 is 2.65 bits per heavy atom. The molecule has 20 heavy (non-hydrogen) atoms. The summed E-state index contributed by atoms with van der Waals surface area (Å²) in [4.78, 5) is 16.6. The number of aromatic amines is 1. The third-order valence-electron chi connectivity index (χ3n) is 3.28. The summed E-state index contributed by atoms with van der Waals surface area (Å²) in [7, 11) is 0. The zero-order valence-electron chi connectivity index (χ0n) is 11.2. The van der Waals surface area contributed by atoms with Gasteiger partial charge in [-0.15, -0.1) is 11.8 Å². The summed E-state index contributed by atoms with van der Waals surface area (Å²) in [5, 5.41) is 1.00. The van der Waals surface area contributed by atoms with E-state index in [0.717, 1.165) is 21.4 Å². The quantitative estimate of drug-likeness (QED) is 0.566. The van der Waals surface area contributed by atoms with Crippen LogP contribution in [-0.4, -0.2) is 16.5 Å². The molecule has 1 N–H and O–H groups in total. The number of benzene rings is 2. The number of ketones is 1. The first kappa shape index (κ1) is 13.0. The van der Waals surface area contributed by atoms with Gasteiger partial charge in [0, 0.05) is 27.6 Å². The first-order valence-corrected chi connectivity index (χ1v) is 7.51. The highest BCUT2D eigenvalue weighted by atomic mass is 32.2. The fourth-order valence-corrected chi connectivity index (χ4v) is 2.95. The molecule has 3 heteroatoms. The molecule has 0 atom stereocenters. The van der Waals surface area contributed by atoms with E-state index < -0.39 is 0 Å². The molecule has 0 aliphatic rings. The predicted molar refractivity (Wildman–Crippen MR) is 84.5 cm³/mol. The van der Waals surface area contributed by atoms with Crippen LogP contribution in [0, 0.1) is 6.92 Å². The number of carbonyl (C=O) groups is 1. The Kier molecular flexibility index (Phi) is 3.61. The van der Waals surface area contributed by atoms with Gasteiger partial charge < -0.3 is 4.98 Å². The molecule has 0 fully saturated rings. The Hall–Kier alpha value is -2.00. The molecule has 0 saturated carbocycles. The van der Waals surface area contributed by atoms with Gasteiger partial charge in [0.05, 0.1) is 5.75 Å². The van der Waals surface area contributed by atoms with Gasteiger partial charge in [0.15, 0.2) is 5.78 Å². The van der Waals surface area contributed by atoms with E-state index in [4.69, 9.17) is 0 Å². The number of aromatic nitrogens is 1. The topological polar surface area (TPSA) is 32.9 Å². The molecule has 0 saturated heterocycles. The van der Waals surface area contributed by atoms with Crippen LogP contribution < -0.4 is 0 Å². The lowest BCUT2D eigenvalue weighted by atomic mass is 10.1. The summed E-state index contributed by atoms with van der Waals surface area (Å²) in [6, 6.07) is 16.1. The number of Topliss-reactive ketones (excluding diaryl/α,β-unsaturated/α-hetero) is 1. The fraction of sp³-hybridized carbons (Fsp3) is 0.118. The second kappa shape index (κ2) is 5.55. The van der Waals surface area contributed by atoms with E-state index in [0.29, 0.717) is 5.75 Å². The lowest BCUT2D eigenvalue weighted by Crippen LogP contribution is -2.01. The van der Waals surface area contributed by atoms with E-state index in [1.807, 2.05) is 30.5 Å². The number of aryl methyl sites for hydroxylation is 1. The minimum Gasteiger partial charge on any atom is -0.360 e. The maximum Gasteiger partial charge on any atom is 0.175 e. The second-order valence-electron chi connectivity index (χ2n) is 4.77. The Balaban J connectivity index is 1.75. The molecule has 0 spiro atoms. The van der Waals surface area contributed by atoms with Crippen molar-refractivity contribution in [3.8, 4) is 0 Å². The van der Waals surface area contributed by atoms with Gasteiger partial charge in [-0.05, 0) is 25.1 Å². The number of para-hydroxylation sites is 1. The summed E-state index contributed by atoms with van der Waals surface area (Å²) < 4.78 is 0. The zero-order valence-corrected chi connectivity index (χ0v) is 12.0. The molecule has 1 aromatic heterocycles. The lowest BCUT2D eigenvalue weighted by molar-refractivity contribution is 0.102. The van der Waals surface area contributed by atoms with Crippen LogP contribution >= 0.6 is 11.8 Å². The van der Waals surface area contributed by atoms with E-state index in [9.17, 15) is 4.79 Å². The molecule has 0 radical (unpaired) electrons. The minimum atomic E-state index is 0.160. The van der Waals surface area contributed by atoms with Crippen molar-refractivity contribution in [3.05, 3.63) is 65.9 Å². The molecule has 0 amide bonds. The molecule has 2 nitrogen and oxygen atoms in total. The maximum atomic E-state index is 12.3. The Morgan fingerprint density at radius 2 is 1.85 bits per heavy atom. The molecule has 0 unspecified atom stereocenters. The van der Waals surface area contributed by atoms with Gasteiger partial charge in [-0.3, -0.25) is 4.79 Å². The zero-order chi connectivity index (χ0) is 13.9. The lowest BCUT2D eigenvalue weighted by Gasteiger charge is -2.01. The third kappa shape index (κ3) is 2.63. The first-order chi connectivity index (χ1) is 9.74. The highest BCUT2D eigenvalue weighted by Crippen LogP contribution is 2.23. The second-order valence-corrected chi connectivity index (χ2v) is 5.82. The highest BCUT2D eigenvalue weighted by molar-refractivity contribution is 8.00. The number of nitrogens with one attached hydrogen (secondary N) is 1. The first-order valence-electron chi connectivity index (χ1n) is 6.53. The largest absolute Gasteiger partial charge is 0.360 e. The van der Waals surface area contributed by atoms with Gasteiger partial charge in [0.25, 0.3) is 0 Å². The molecule has 0 aliphatic heterocycles. The average molecular weight is 281 g/mol. The molecule has 3 aromatic rings. The van der Waals surface area contributed by atoms with Gasteiger partial charge in [0.2, 0.25) is 0 Å². The normalized spacial score (nSPS) is 10.8. The number of H-pyrrole nitrogens is 1. The molecular formula is C17H15NOS. The number of thioether (sulfide) groups is 1. The Bertz CT molecular complexity index is 743. The van der Waals surface area contributed by atoms with Crippen molar-refractivity contribution in [2.24, 2.45) is 0 Å². The molecule has 3 rings (SSSR count). The van der Waals surface area contributed by atoms with Gasteiger partial charge in [-0.1, -0.05) is 35.9 Å². The maximum absolute atomic E-state index is 12.3. The summed E-state index contributed by atoms with van der Waals surface area (Å²) >= 11 is 1.58. The van der Waals surface area contributed by atoms with Crippen LogP contribution in [0.15, 0.2) is 59.6 Å². The van der Waals surface area contributed by atoms with Crippen LogP contribution in [0.2, 0.25) is 0 Å². The van der Waals surface area contributed by atoms with E-state index in [-0.39, 0.29) is 5.78 Å². The molecule has 0 bridgehead atoms. The minimum absolute atomic E-state index is 0.160. The smallest absolute Gasteiger partial charge is 0.175 e. The monoisotopic (exact) mass is 281 g/mol. The molecule has 1 heterocycles. The van der Waals surface area contributed by atoms with Crippen LogP contribution in [0.5, 0.6) is 0 Å².